The maximum atomic E-state index is 9.40. The van der Waals surface area contributed by atoms with Crippen molar-refractivity contribution >= 4 is 0 Å². The molecule has 0 aliphatic carbocycles. The highest BCUT2D eigenvalue weighted by atomic mass is 16.3. The molecule has 0 spiro atoms. The van der Waals surface area contributed by atoms with Crippen LogP contribution in [0.25, 0.3) is 0 Å². The maximum absolute atomic E-state index is 9.40. The van der Waals surface area contributed by atoms with Gasteiger partial charge in [0, 0.05) is 5.92 Å². The Morgan fingerprint density at radius 1 is 0.944 bits per heavy atom. The smallest absolute Gasteiger partial charge is 0.115 e. The zero-order chi connectivity index (χ0) is 13.0. The van der Waals surface area contributed by atoms with Crippen LogP contribution in [0.4, 0.5) is 0 Å². The van der Waals surface area contributed by atoms with Crippen LogP contribution in [0.3, 0.4) is 0 Å². The second-order valence-electron chi connectivity index (χ2n) is 4.64. The standard InChI is InChI=1S/C17H19O/c1-3-13(2)17(14-7-5-4-6-8-14)15-9-11-16(18)12-10-15/h4-12,17-18H,3H2,1-2H3. The van der Waals surface area contributed by atoms with Crippen molar-refractivity contribution < 1.29 is 5.11 Å². The molecular weight excluding hydrogens is 220 g/mol. The lowest BCUT2D eigenvalue weighted by atomic mass is 9.80. The minimum atomic E-state index is 0.316. The first-order valence-electron chi connectivity index (χ1n) is 6.38. The third-order valence-corrected chi connectivity index (χ3v) is 3.41. The van der Waals surface area contributed by atoms with Crippen molar-refractivity contribution in [1.29, 1.82) is 0 Å². The Labute approximate surface area is 109 Å². The van der Waals surface area contributed by atoms with Gasteiger partial charge in [-0.05, 0) is 35.6 Å². The van der Waals surface area contributed by atoms with Crippen LogP contribution in [0.2, 0.25) is 0 Å². The van der Waals surface area contributed by atoms with E-state index in [2.05, 4.69) is 38.1 Å². The van der Waals surface area contributed by atoms with Gasteiger partial charge < -0.3 is 5.11 Å². The zero-order valence-corrected chi connectivity index (χ0v) is 10.9. The van der Waals surface area contributed by atoms with Crippen molar-refractivity contribution in [3.8, 4) is 5.75 Å². The molecule has 2 aromatic rings. The Morgan fingerprint density at radius 2 is 1.50 bits per heavy atom. The molecule has 1 nitrogen and oxygen atoms in total. The Kier molecular flexibility index (Phi) is 4.03. The van der Waals surface area contributed by atoms with Crippen LogP contribution in [0.15, 0.2) is 54.6 Å². The fraction of sp³-hybridized carbons (Fsp3) is 0.235. The van der Waals surface area contributed by atoms with Crippen LogP contribution in [0, 0.1) is 5.92 Å². The van der Waals surface area contributed by atoms with Crippen molar-refractivity contribution in [3.63, 3.8) is 0 Å². The van der Waals surface area contributed by atoms with E-state index in [0.717, 1.165) is 6.42 Å². The zero-order valence-electron chi connectivity index (χ0n) is 10.9. The van der Waals surface area contributed by atoms with E-state index in [0.29, 0.717) is 11.7 Å². The average Bonchev–Trinajstić information content (AvgIpc) is 2.42. The quantitative estimate of drug-likeness (QED) is 0.831. The Morgan fingerprint density at radius 3 is 2.06 bits per heavy atom. The van der Waals surface area contributed by atoms with E-state index in [1.165, 1.54) is 17.0 Å². The molecule has 1 atom stereocenters. The van der Waals surface area contributed by atoms with Gasteiger partial charge in [-0.15, -0.1) is 0 Å². The monoisotopic (exact) mass is 239 g/mol. The van der Waals surface area contributed by atoms with Gasteiger partial charge in [0.15, 0.2) is 0 Å². The normalized spacial score (nSPS) is 12.6. The molecule has 2 aromatic carbocycles. The predicted molar refractivity (Wildman–Crippen MR) is 75.6 cm³/mol. The molecule has 1 radical (unpaired) electrons. The molecule has 2 rings (SSSR count). The van der Waals surface area contributed by atoms with Gasteiger partial charge in [-0.1, -0.05) is 56.3 Å². The van der Waals surface area contributed by atoms with E-state index in [1.807, 2.05) is 18.2 Å². The van der Waals surface area contributed by atoms with Gasteiger partial charge in [0.2, 0.25) is 0 Å². The van der Waals surface area contributed by atoms with E-state index in [-0.39, 0.29) is 0 Å². The first-order valence-corrected chi connectivity index (χ1v) is 6.38. The highest BCUT2D eigenvalue weighted by molar-refractivity contribution is 5.39. The third-order valence-electron chi connectivity index (χ3n) is 3.41. The van der Waals surface area contributed by atoms with Gasteiger partial charge >= 0.3 is 0 Å². The fourth-order valence-corrected chi connectivity index (χ4v) is 2.28. The van der Waals surface area contributed by atoms with Gasteiger partial charge in [0.25, 0.3) is 0 Å². The number of aromatic hydroxyl groups is 1. The highest BCUT2D eigenvalue weighted by Crippen LogP contribution is 2.35. The molecule has 18 heavy (non-hydrogen) atoms. The van der Waals surface area contributed by atoms with Crippen LogP contribution < -0.4 is 0 Å². The Hall–Kier alpha value is -1.76. The van der Waals surface area contributed by atoms with Crippen molar-refractivity contribution in [1.82, 2.24) is 0 Å². The molecule has 0 aliphatic rings. The molecule has 1 N–H and O–H groups in total. The number of rotatable bonds is 4. The van der Waals surface area contributed by atoms with Crippen LogP contribution in [-0.4, -0.2) is 5.11 Å². The summed E-state index contributed by atoms with van der Waals surface area (Å²) in [5, 5.41) is 9.40. The van der Waals surface area contributed by atoms with E-state index in [1.54, 1.807) is 12.1 Å². The van der Waals surface area contributed by atoms with Gasteiger partial charge in [-0.2, -0.15) is 0 Å². The first kappa shape index (κ1) is 12.7. The van der Waals surface area contributed by atoms with Gasteiger partial charge in [0.1, 0.15) is 5.75 Å². The van der Waals surface area contributed by atoms with Gasteiger partial charge in [-0.3, -0.25) is 0 Å². The van der Waals surface area contributed by atoms with E-state index in [9.17, 15) is 5.11 Å². The van der Waals surface area contributed by atoms with Crippen molar-refractivity contribution in [3.05, 3.63) is 71.6 Å². The topological polar surface area (TPSA) is 20.2 Å². The summed E-state index contributed by atoms with van der Waals surface area (Å²) in [6, 6.07) is 18.0. The Balaban J connectivity index is 2.40. The molecule has 1 heteroatoms. The number of benzene rings is 2. The lowest BCUT2D eigenvalue weighted by Crippen LogP contribution is -2.08. The lowest BCUT2D eigenvalue weighted by molar-refractivity contribution is 0.475. The van der Waals surface area contributed by atoms with Crippen LogP contribution in [0.1, 0.15) is 37.3 Å². The summed E-state index contributed by atoms with van der Waals surface area (Å²) >= 11 is 0. The Bertz CT molecular complexity index is 473. The molecule has 0 amide bonds. The minimum Gasteiger partial charge on any atom is -0.508 e. The third kappa shape index (κ3) is 2.73. The predicted octanol–water partition coefficient (Wildman–Crippen LogP) is 4.53. The van der Waals surface area contributed by atoms with Crippen LogP contribution in [-0.2, 0) is 0 Å². The molecule has 0 heterocycles. The van der Waals surface area contributed by atoms with Crippen LogP contribution >= 0.6 is 0 Å². The van der Waals surface area contributed by atoms with E-state index < -0.39 is 0 Å². The maximum Gasteiger partial charge on any atom is 0.115 e. The molecule has 0 aliphatic heterocycles. The summed E-state index contributed by atoms with van der Waals surface area (Å²) in [5.41, 5.74) is 2.54. The van der Waals surface area contributed by atoms with Gasteiger partial charge in [0.05, 0.1) is 0 Å². The number of phenols is 1. The summed E-state index contributed by atoms with van der Waals surface area (Å²) in [6.07, 6.45) is 1.06. The highest BCUT2D eigenvalue weighted by Gasteiger charge is 2.20. The van der Waals surface area contributed by atoms with Crippen LogP contribution in [0.5, 0.6) is 5.75 Å². The second-order valence-corrected chi connectivity index (χ2v) is 4.64. The summed E-state index contributed by atoms with van der Waals surface area (Å²) in [6.45, 7) is 4.39. The summed E-state index contributed by atoms with van der Waals surface area (Å²) in [5.74, 6) is 2.07. The molecule has 0 saturated carbocycles. The molecule has 0 aromatic heterocycles. The average molecular weight is 239 g/mol. The van der Waals surface area contributed by atoms with Crippen molar-refractivity contribution in [2.45, 2.75) is 26.2 Å². The van der Waals surface area contributed by atoms with Crippen molar-refractivity contribution in [2.75, 3.05) is 0 Å². The summed E-state index contributed by atoms with van der Waals surface area (Å²) in [4.78, 5) is 0. The van der Waals surface area contributed by atoms with Crippen molar-refractivity contribution in [2.24, 2.45) is 0 Å². The van der Waals surface area contributed by atoms with E-state index >= 15 is 0 Å². The fourth-order valence-electron chi connectivity index (χ4n) is 2.28. The number of phenolic OH excluding ortho intramolecular Hbond substituents is 1. The molecule has 0 bridgehead atoms. The van der Waals surface area contributed by atoms with E-state index in [4.69, 9.17) is 0 Å². The second kappa shape index (κ2) is 5.72. The number of hydrogen-bond donors (Lipinski definition) is 1. The minimum absolute atomic E-state index is 0.316. The molecular formula is C17H19O. The largest absolute Gasteiger partial charge is 0.508 e. The molecule has 0 saturated heterocycles. The van der Waals surface area contributed by atoms with Gasteiger partial charge in [-0.25, -0.2) is 0 Å². The molecule has 93 valence electrons. The molecule has 1 unspecified atom stereocenters. The lowest BCUT2D eigenvalue weighted by Gasteiger charge is -2.23. The molecule has 0 fully saturated rings. The summed E-state index contributed by atoms with van der Waals surface area (Å²) < 4.78 is 0. The first-order chi connectivity index (χ1) is 8.72. The summed E-state index contributed by atoms with van der Waals surface area (Å²) in [7, 11) is 0. The SMILES string of the molecule is CC[C](C)C(c1ccccc1)c1ccc(O)cc1. The number of hydrogen-bond acceptors (Lipinski definition) is 1.